The molecule has 2 aromatic heterocycles. The minimum atomic E-state index is -0.362. The minimum absolute atomic E-state index is 0.122. The second kappa shape index (κ2) is 16.7. The molecular weight excluding hydrogens is 776 g/mol. The number of hydrogen-bond donors (Lipinski definition) is 2. The number of aryl methyl sites for hydroxylation is 1. The monoisotopic (exact) mass is 828 g/mol. The number of amides is 2. The molecule has 0 spiro atoms. The van der Waals surface area contributed by atoms with Gasteiger partial charge in [0.15, 0.2) is 0 Å². The molecule has 8 bridgehead atoms. The number of morpholine rings is 1. The van der Waals surface area contributed by atoms with Gasteiger partial charge in [-0.3, -0.25) is 24.2 Å². The molecule has 13 heteroatoms. The van der Waals surface area contributed by atoms with Crippen LogP contribution in [0.25, 0.3) is 33.3 Å². The lowest BCUT2D eigenvalue weighted by Gasteiger charge is -2.31. The molecule has 0 saturated carbocycles. The molecule has 12 nitrogen and oxygen atoms in total. The van der Waals surface area contributed by atoms with Crippen molar-refractivity contribution >= 4 is 67.0 Å². The van der Waals surface area contributed by atoms with E-state index in [-0.39, 0.29) is 48.7 Å². The fraction of sp³-hybridized carbons (Fsp3) is 0.512. The lowest BCUT2D eigenvalue weighted by atomic mass is 9.84. The lowest BCUT2D eigenvalue weighted by molar-refractivity contribution is -0.140. The Morgan fingerprint density at radius 3 is 2.41 bits per heavy atom. The molecule has 298 valence electrons. The number of nitrogens with one attached hydrogen (secondary N) is 2. The van der Waals surface area contributed by atoms with Gasteiger partial charge in [0.05, 0.1) is 65.8 Å². The van der Waals surface area contributed by atoms with Crippen molar-refractivity contribution in [2.45, 2.75) is 85.2 Å². The molecule has 5 aliphatic rings. The molecule has 2 N–H and O–H groups in total. The fourth-order valence-corrected chi connectivity index (χ4v) is 8.96. The van der Waals surface area contributed by atoms with Crippen LogP contribution >= 0.6 is 15.9 Å². The first kappa shape index (κ1) is 40.0. The number of imide groups is 1. The molecule has 0 aromatic carbocycles. The third kappa shape index (κ3) is 7.39. The van der Waals surface area contributed by atoms with Crippen molar-refractivity contribution in [1.29, 1.82) is 0 Å². The Morgan fingerprint density at radius 2 is 1.70 bits per heavy atom. The van der Waals surface area contributed by atoms with Crippen LogP contribution in [0.5, 0.6) is 0 Å². The molecule has 2 amide bonds. The molecule has 0 aliphatic carbocycles. The van der Waals surface area contributed by atoms with Crippen LogP contribution in [0.2, 0.25) is 0 Å². The van der Waals surface area contributed by atoms with E-state index in [2.05, 4.69) is 77.5 Å². The number of nitrogens with zero attached hydrogens (tertiary/aromatic N) is 4. The highest BCUT2D eigenvalue weighted by atomic mass is 79.9. The number of allylic oxidation sites excluding steroid dienone is 3. The second-order valence-corrected chi connectivity index (χ2v) is 16.1. The summed E-state index contributed by atoms with van der Waals surface area (Å²) in [5, 5.41) is 0.855. The summed E-state index contributed by atoms with van der Waals surface area (Å²) < 4.78 is 17.0. The van der Waals surface area contributed by atoms with Gasteiger partial charge in [-0.15, -0.1) is 0 Å². The van der Waals surface area contributed by atoms with E-state index in [9.17, 15) is 14.4 Å². The van der Waals surface area contributed by atoms with Crippen molar-refractivity contribution in [3.8, 4) is 0 Å². The van der Waals surface area contributed by atoms with Crippen LogP contribution in [-0.4, -0.2) is 112 Å². The number of carbonyl (C=O) groups excluding carboxylic acids is 3. The maximum Gasteiger partial charge on any atom is 0.305 e. The largest absolute Gasteiger partial charge is 0.469 e. The number of carbonyl (C=O) groups is 3. The van der Waals surface area contributed by atoms with Gasteiger partial charge in [-0.2, -0.15) is 0 Å². The number of ether oxygens (including phenoxy) is 3. The Hall–Kier alpha value is -4.17. The van der Waals surface area contributed by atoms with Gasteiger partial charge in [-0.25, -0.2) is 9.97 Å². The first-order valence-electron chi connectivity index (χ1n) is 19.9. The Morgan fingerprint density at radius 1 is 0.982 bits per heavy atom. The molecular formula is C43H53BrN6O6. The van der Waals surface area contributed by atoms with E-state index >= 15 is 0 Å². The summed E-state index contributed by atoms with van der Waals surface area (Å²) in [6.45, 7) is 16.5. The molecule has 1 unspecified atom stereocenters. The Kier molecular flexibility index (Phi) is 12.0. The highest BCUT2D eigenvalue weighted by Crippen LogP contribution is 2.45. The number of hydrogen-bond acceptors (Lipinski definition) is 9. The number of esters is 1. The summed E-state index contributed by atoms with van der Waals surface area (Å²) in [6, 6.07) is 6.15. The number of aromatic nitrogens is 4. The number of methoxy groups -OCH3 is 1. The topological polar surface area (TPSA) is 143 Å². The van der Waals surface area contributed by atoms with Crippen molar-refractivity contribution < 1.29 is 28.6 Å². The average Bonchev–Trinajstić information content (AvgIpc) is 3.87. The number of alkyl halides is 1. The van der Waals surface area contributed by atoms with Gasteiger partial charge in [-0.05, 0) is 87.4 Å². The third-order valence-corrected chi connectivity index (χ3v) is 12.6. The van der Waals surface area contributed by atoms with Gasteiger partial charge in [0.2, 0.25) is 0 Å². The first-order chi connectivity index (χ1) is 27.0. The predicted molar refractivity (Wildman–Crippen MR) is 221 cm³/mol. The zero-order chi connectivity index (χ0) is 39.8. The Bertz CT molecular complexity index is 2190. The van der Waals surface area contributed by atoms with E-state index in [1.54, 1.807) is 0 Å². The van der Waals surface area contributed by atoms with Crippen molar-refractivity contribution in [3.05, 3.63) is 69.1 Å². The standard InChI is InChI=1S/C43H53BrN6O6/c1-8-28-23(2)30-22-35-37(27(6)56-17-9-12-44)25(4)32(46-35)20-31-24(3)29(10-11-36(51)54-7)40(47-31)39-41-38(26(5)33(48-41)21-34(28)45-30)42(52)50(43(39)53)14-13-49-15-18-55-19-16-49/h20-22,24,27,29,47-48H,8-19H2,1-7H3/t24-,27?,29-/m0/s1. The minimum Gasteiger partial charge on any atom is -0.469 e. The zero-order valence-electron chi connectivity index (χ0n) is 33.6. The van der Waals surface area contributed by atoms with Crippen molar-refractivity contribution in [3.63, 3.8) is 0 Å². The van der Waals surface area contributed by atoms with Crippen LogP contribution < -0.4 is 0 Å². The van der Waals surface area contributed by atoms with Crippen LogP contribution in [-0.2, 0) is 19.0 Å². The van der Waals surface area contributed by atoms with Crippen LogP contribution in [0.1, 0.15) is 133 Å². The van der Waals surface area contributed by atoms with Gasteiger partial charge >= 0.3 is 5.97 Å². The Labute approximate surface area is 336 Å². The summed E-state index contributed by atoms with van der Waals surface area (Å²) in [5.74, 6) is -1.38. The van der Waals surface area contributed by atoms with Crippen LogP contribution in [0.15, 0.2) is 18.2 Å². The van der Waals surface area contributed by atoms with E-state index in [4.69, 9.17) is 24.2 Å². The van der Waals surface area contributed by atoms with Gasteiger partial charge in [0, 0.05) is 78.9 Å². The van der Waals surface area contributed by atoms with Crippen molar-refractivity contribution in [2.75, 3.05) is 58.4 Å². The van der Waals surface area contributed by atoms with Crippen LogP contribution in [0, 0.1) is 6.92 Å². The molecule has 3 atom stereocenters. The molecule has 5 aliphatic heterocycles. The molecule has 1 fully saturated rings. The lowest BCUT2D eigenvalue weighted by Crippen LogP contribution is -2.47. The van der Waals surface area contributed by atoms with E-state index in [0.717, 1.165) is 93.1 Å². The smallest absolute Gasteiger partial charge is 0.305 e. The van der Waals surface area contributed by atoms with Crippen LogP contribution in [0.4, 0.5) is 0 Å². The van der Waals surface area contributed by atoms with Gasteiger partial charge < -0.3 is 24.2 Å². The summed E-state index contributed by atoms with van der Waals surface area (Å²) in [7, 11) is 1.39. The number of fused-ring (bicyclic) bond motifs is 8. The Balaban J connectivity index is 1.52. The first-order valence-corrected chi connectivity index (χ1v) is 21.0. The molecule has 56 heavy (non-hydrogen) atoms. The quantitative estimate of drug-likeness (QED) is 0.0959. The van der Waals surface area contributed by atoms with E-state index in [1.807, 2.05) is 13.0 Å². The van der Waals surface area contributed by atoms with Gasteiger partial charge in [0.1, 0.15) is 0 Å². The number of halogens is 1. The highest BCUT2D eigenvalue weighted by Gasteiger charge is 2.41. The SMILES string of the molecule is CCC1=C(C)c2cc3nc(cc4[nH]c(c5c6[nH]c(cc1n2)c(C)c6C(=O)N(CCN1CCOCC1)C5=O)[C@@H](CCC(=O)OC)[C@@H]4C)C(C)=C3C(C)OCCCBr. The maximum absolute atomic E-state index is 14.9. The van der Waals surface area contributed by atoms with Gasteiger partial charge in [-0.1, -0.05) is 29.8 Å². The summed E-state index contributed by atoms with van der Waals surface area (Å²) >= 11 is 3.52. The van der Waals surface area contributed by atoms with E-state index in [1.165, 1.54) is 12.0 Å². The van der Waals surface area contributed by atoms with Gasteiger partial charge in [0.25, 0.3) is 11.8 Å². The average molecular weight is 830 g/mol. The second-order valence-electron chi connectivity index (χ2n) is 15.3. The van der Waals surface area contributed by atoms with Crippen molar-refractivity contribution in [1.82, 2.24) is 29.7 Å². The molecule has 0 radical (unpaired) electrons. The summed E-state index contributed by atoms with van der Waals surface area (Å²) in [4.78, 5) is 63.3. The molecule has 7 rings (SSSR count). The summed E-state index contributed by atoms with van der Waals surface area (Å²) in [5.41, 5.74) is 11.9. The highest BCUT2D eigenvalue weighted by molar-refractivity contribution is 9.09. The summed E-state index contributed by atoms with van der Waals surface area (Å²) in [6.07, 6.45) is 2.04. The fourth-order valence-electron chi connectivity index (χ4n) is 8.73. The molecule has 7 heterocycles. The normalized spacial score (nSPS) is 19.9. The number of H-pyrrole nitrogens is 2. The third-order valence-electron chi connectivity index (χ3n) is 12.0. The van der Waals surface area contributed by atoms with E-state index < -0.39 is 0 Å². The number of aromatic amines is 2. The molecule has 1 saturated heterocycles. The van der Waals surface area contributed by atoms with E-state index in [0.29, 0.717) is 55.1 Å². The van der Waals surface area contributed by atoms with Crippen LogP contribution in [0.3, 0.4) is 0 Å². The zero-order valence-corrected chi connectivity index (χ0v) is 35.2. The van der Waals surface area contributed by atoms with Crippen molar-refractivity contribution in [2.24, 2.45) is 0 Å². The number of rotatable bonds is 12. The molecule has 2 aromatic rings. The predicted octanol–water partition coefficient (Wildman–Crippen LogP) is 7.58. The maximum atomic E-state index is 14.9.